The van der Waals surface area contributed by atoms with Crippen molar-refractivity contribution in [3.8, 4) is 0 Å². The second-order valence-electron chi connectivity index (χ2n) is 4.66. The Kier molecular flexibility index (Phi) is 4.91. The fraction of sp³-hybridized carbons (Fsp3) is 0.900. The molecule has 1 aliphatic heterocycles. The number of nitrogens with zero attached hydrogens (tertiary/aromatic N) is 1. The summed E-state index contributed by atoms with van der Waals surface area (Å²) in [5.41, 5.74) is 2.09. The fourth-order valence-corrected chi connectivity index (χ4v) is 3.83. The van der Waals surface area contributed by atoms with Crippen molar-refractivity contribution in [3.63, 3.8) is 0 Å². The molecule has 1 rings (SSSR count). The van der Waals surface area contributed by atoms with E-state index in [9.17, 15) is 13.2 Å². The van der Waals surface area contributed by atoms with Crippen molar-refractivity contribution in [1.82, 2.24) is 10.3 Å². The highest BCUT2D eigenvalue weighted by atomic mass is 32.2. The molecule has 3 N–H and O–H groups in total. The highest BCUT2D eigenvalue weighted by Gasteiger charge is 2.30. The topological polar surface area (TPSA) is 92.5 Å². The van der Waals surface area contributed by atoms with E-state index in [0.717, 1.165) is 0 Å². The van der Waals surface area contributed by atoms with E-state index in [2.05, 4.69) is 10.3 Å². The first kappa shape index (κ1) is 14.4. The van der Waals surface area contributed by atoms with E-state index < -0.39 is 9.84 Å². The molecule has 2 atom stereocenters. The van der Waals surface area contributed by atoms with Gasteiger partial charge in [0.1, 0.15) is 0 Å². The first-order valence-electron chi connectivity index (χ1n) is 5.81. The number of amides is 1. The lowest BCUT2D eigenvalue weighted by atomic mass is 10.1. The minimum Gasteiger partial charge on any atom is -0.296 e. The summed E-state index contributed by atoms with van der Waals surface area (Å²) < 4.78 is 22.9. The lowest BCUT2D eigenvalue weighted by Gasteiger charge is -2.37. The van der Waals surface area contributed by atoms with Crippen molar-refractivity contribution in [2.75, 3.05) is 18.1 Å². The molecular formula is C10H21N3O3S. The third-order valence-electron chi connectivity index (χ3n) is 3.24. The molecule has 0 spiro atoms. The summed E-state index contributed by atoms with van der Waals surface area (Å²) in [4.78, 5) is 13.2. The number of nitrogens with two attached hydrogens (primary N) is 1. The van der Waals surface area contributed by atoms with Gasteiger partial charge in [0.2, 0.25) is 5.91 Å². The zero-order valence-corrected chi connectivity index (χ0v) is 11.2. The molecule has 7 heteroatoms. The molecule has 2 unspecified atom stereocenters. The van der Waals surface area contributed by atoms with Crippen LogP contribution in [0, 0.1) is 0 Å². The Labute approximate surface area is 102 Å². The molecular weight excluding hydrogens is 242 g/mol. The maximum absolute atomic E-state index is 11.4. The Balaban J connectivity index is 2.47. The second-order valence-corrected chi connectivity index (χ2v) is 6.89. The summed E-state index contributed by atoms with van der Waals surface area (Å²) >= 11 is 0. The van der Waals surface area contributed by atoms with Crippen molar-refractivity contribution in [2.24, 2.45) is 5.84 Å². The average molecular weight is 263 g/mol. The second kappa shape index (κ2) is 5.79. The number of carbonyl (C=O) groups is 1. The maximum atomic E-state index is 11.4. The van der Waals surface area contributed by atoms with Crippen LogP contribution in [0.15, 0.2) is 0 Å². The predicted octanol–water partition coefficient (Wildman–Crippen LogP) is -0.736. The molecule has 1 heterocycles. The van der Waals surface area contributed by atoms with Gasteiger partial charge < -0.3 is 0 Å². The number of carbonyl (C=O) groups excluding carboxylic acids is 1. The van der Waals surface area contributed by atoms with Crippen molar-refractivity contribution >= 4 is 15.7 Å². The normalized spacial score (nSPS) is 26.4. The molecule has 0 radical (unpaired) electrons. The zero-order valence-electron chi connectivity index (χ0n) is 10.3. The molecule has 6 nitrogen and oxygen atoms in total. The number of rotatable bonds is 4. The third kappa shape index (κ3) is 4.25. The van der Waals surface area contributed by atoms with Gasteiger partial charge in [0, 0.05) is 25.0 Å². The summed E-state index contributed by atoms with van der Waals surface area (Å²) in [7, 11) is -2.88. The summed E-state index contributed by atoms with van der Waals surface area (Å²) in [5, 5.41) is 0. The van der Waals surface area contributed by atoms with Gasteiger partial charge >= 0.3 is 0 Å². The lowest BCUT2D eigenvalue weighted by molar-refractivity contribution is -0.121. The van der Waals surface area contributed by atoms with Crippen molar-refractivity contribution < 1.29 is 13.2 Å². The van der Waals surface area contributed by atoms with Crippen molar-refractivity contribution in [2.45, 2.75) is 38.8 Å². The summed E-state index contributed by atoms with van der Waals surface area (Å²) in [5.74, 6) is 5.24. The zero-order chi connectivity index (χ0) is 13.1. The van der Waals surface area contributed by atoms with Gasteiger partial charge in [0.15, 0.2) is 9.84 Å². The van der Waals surface area contributed by atoms with Gasteiger partial charge in [-0.25, -0.2) is 14.3 Å². The van der Waals surface area contributed by atoms with Crippen molar-refractivity contribution in [1.29, 1.82) is 0 Å². The number of nitrogens with one attached hydrogen (secondary N) is 1. The number of sulfone groups is 1. The lowest BCUT2D eigenvalue weighted by Crippen LogP contribution is -2.51. The molecule has 1 amide bonds. The monoisotopic (exact) mass is 263 g/mol. The Morgan fingerprint density at radius 1 is 1.59 bits per heavy atom. The average Bonchev–Trinajstić information content (AvgIpc) is 2.24. The summed E-state index contributed by atoms with van der Waals surface area (Å²) in [6, 6.07) is 0.211. The minimum atomic E-state index is -2.88. The smallest absolute Gasteiger partial charge is 0.233 e. The van der Waals surface area contributed by atoms with Gasteiger partial charge in [-0.1, -0.05) is 0 Å². The molecule has 100 valence electrons. The molecule has 0 bridgehead atoms. The molecule has 0 aromatic heterocycles. The van der Waals surface area contributed by atoms with Crippen LogP contribution < -0.4 is 11.3 Å². The molecule has 1 saturated heterocycles. The largest absolute Gasteiger partial charge is 0.296 e. The van der Waals surface area contributed by atoms with E-state index in [1.807, 2.05) is 13.8 Å². The Morgan fingerprint density at radius 2 is 2.24 bits per heavy atom. The first-order valence-corrected chi connectivity index (χ1v) is 7.63. The number of hydrogen-bond donors (Lipinski definition) is 2. The van der Waals surface area contributed by atoms with E-state index in [4.69, 9.17) is 5.84 Å². The Morgan fingerprint density at radius 3 is 2.76 bits per heavy atom. The Bertz CT molecular complexity index is 369. The fourth-order valence-electron chi connectivity index (χ4n) is 2.24. The number of hydrogen-bond acceptors (Lipinski definition) is 5. The first-order chi connectivity index (χ1) is 7.85. The van der Waals surface area contributed by atoms with Crippen LogP contribution in [0.3, 0.4) is 0 Å². The van der Waals surface area contributed by atoms with E-state index in [1.54, 1.807) is 0 Å². The molecule has 0 aromatic rings. The standard InChI is InChI=1S/C10H21N3O3S/c1-8(3-4-10(14)12-11)13-5-6-17(15,16)7-9(13)2/h8-9H,3-7,11H2,1-2H3,(H,12,14). The SMILES string of the molecule is CC(CCC(=O)NN)N1CCS(=O)(=O)CC1C. The van der Waals surface area contributed by atoms with Gasteiger partial charge in [0.25, 0.3) is 0 Å². The van der Waals surface area contributed by atoms with Crippen LogP contribution in [-0.2, 0) is 14.6 Å². The Hall–Kier alpha value is -0.660. The van der Waals surface area contributed by atoms with Gasteiger partial charge in [-0.3, -0.25) is 15.1 Å². The van der Waals surface area contributed by atoms with Crippen LogP contribution in [0.1, 0.15) is 26.7 Å². The third-order valence-corrected chi connectivity index (χ3v) is 5.03. The molecule has 0 aliphatic carbocycles. The van der Waals surface area contributed by atoms with Crippen LogP contribution in [0.2, 0.25) is 0 Å². The van der Waals surface area contributed by atoms with E-state index in [1.165, 1.54) is 0 Å². The molecule has 1 fully saturated rings. The molecule has 0 aromatic carbocycles. The van der Waals surface area contributed by atoms with Crippen LogP contribution in [-0.4, -0.2) is 49.4 Å². The maximum Gasteiger partial charge on any atom is 0.233 e. The van der Waals surface area contributed by atoms with Crippen LogP contribution in [0.5, 0.6) is 0 Å². The highest BCUT2D eigenvalue weighted by Crippen LogP contribution is 2.17. The summed E-state index contributed by atoms with van der Waals surface area (Å²) in [6.45, 7) is 4.48. The van der Waals surface area contributed by atoms with Gasteiger partial charge in [-0.05, 0) is 20.3 Å². The summed E-state index contributed by atoms with van der Waals surface area (Å²) in [6.07, 6.45) is 1.06. The van der Waals surface area contributed by atoms with E-state index >= 15 is 0 Å². The molecule has 17 heavy (non-hydrogen) atoms. The predicted molar refractivity (Wildman–Crippen MR) is 65.8 cm³/mol. The molecule has 1 aliphatic rings. The quantitative estimate of drug-likeness (QED) is 0.396. The van der Waals surface area contributed by atoms with Gasteiger partial charge in [-0.15, -0.1) is 0 Å². The van der Waals surface area contributed by atoms with E-state index in [0.29, 0.717) is 19.4 Å². The minimum absolute atomic E-state index is 0.0182. The van der Waals surface area contributed by atoms with Gasteiger partial charge in [-0.2, -0.15) is 0 Å². The van der Waals surface area contributed by atoms with Crippen LogP contribution >= 0.6 is 0 Å². The molecule has 0 saturated carbocycles. The van der Waals surface area contributed by atoms with Gasteiger partial charge in [0.05, 0.1) is 11.5 Å². The number of hydrazine groups is 1. The van der Waals surface area contributed by atoms with Crippen LogP contribution in [0.25, 0.3) is 0 Å². The van der Waals surface area contributed by atoms with Crippen molar-refractivity contribution in [3.05, 3.63) is 0 Å². The van der Waals surface area contributed by atoms with E-state index in [-0.39, 0.29) is 29.5 Å². The highest BCUT2D eigenvalue weighted by molar-refractivity contribution is 7.91. The van der Waals surface area contributed by atoms with Crippen LogP contribution in [0.4, 0.5) is 0 Å².